The highest BCUT2D eigenvalue weighted by Crippen LogP contribution is 2.33. The molecule has 2 heterocycles. The van der Waals surface area contributed by atoms with Gasteiger partial charge < -0.3 is 15.3 Å². The molecule has 1 aliphatic heterocycles. The topological polar surface area (TPSA) is 117 Å². The molecule has 0 fully saturated rings. The molecule has 190 valence electrons. The Balaban J connectivity index is 1.81. The maximum absolute atomic E-state index is 14.1. The summed E-state index contributed by atoms with van der Waals surface area (Å²) in [6, 6.07) is 6.10. The lowest BCUT2D eigenvalue weighted by molar-refractivity contribution is -0.131. The number of Topliss-reactive ketones (excluding diaryl/α,β-unsaturated/α-hetero) is 1. The van der Waals surface area contributed by atoms with Gasteiger partial charge in [-0.2, -0.15) is 0 Å². The summed E-state index contributed by atoms with van der Waals surface area (Å²) in [7, 11) is 0. The van der Waals surface area contributed by atoms with Crippen molar-refractivity contribution in [1.82, 2.24) is 15.2 Å². The van der Waals surface area contributed by atoms with E-state index >= 15 is 0 Å². The van der Waals surface area contributed by atoms with Crippen LogP contribution in [0, 0.1) is 0 Å². The Morgan fingerprint density at radius 3 is 2.56 bits per heavy atom. The third-order valence-corrected chi connectivity index (χ3v) is 6.46. The quantitative estimate of drug-likeness (QED) is 0.183. The summed E-state index contributed by atoms with van der Waals surface area (Å²) in [6.07, 6.45) is 1.13. The summed E-state index contributed by atoms with van der Waals surface area (Å²) >= 11 is 1.65. The zero-order valence-corrected chi connectivity index (χ0v) is 21.7. The highest BCUT2D eigenvalue weighted by atomic mass is 127. The van der Waals surface area contributed by atoms with Gasteiger partial charge in [-0.05, 0) is 59.2 Å². The highest BCUT2D eigenvalue weighted by molar-refractivity contribution is 14.1. The van der Waals surface area contributed by atoms with Crippen LogP contribution in [-0.4, -0.2) is 57.3 Å². The third-order valence-electron chi connectivity index (χ3n) is 5.91. The number of aromatic nitrogens is 1. The summed E-state index contributed by atoms with van der Waals surface area (Å²) in [5.41, 5.74) is 2.74. The molecule has 2 N–H and O–H groups in total. The third kappa shape index (κ3) is 5.96. The van der Waals surface area contributed by atoms with Gasteiger partial charge in [-0.25, -0.2) is 13.6 Å². The van der Waals surface area contributed by atoms with Crippen LogP contribution < -0.4 is 5.32 Å². The lowest BCUT2D eigenvalue weighted by Crippen LogP contribution is -2.52. The molecule has 0 radical (unpaired) electrons. The zero-order chi connectivity index (χ0) is 26.6. The lowest BCUT2D eigenvalue weighted by atomic mass is 10.0. The fourth-order valence-corrected chi connectivity index (χ4v) is 4.29. The predicted octanol–water partition coefficient (Wildman–Crippen LogP) is 3.75. The molecule has 3 rings (SSSR count). The van der Waals surface area contributed by atoms with Gasteiger partial charge in [0.05, 0.1) is 11.7 Å². The van der Waals surface area contributed by atoms with E-state index in [9.17, 15) is 33.1 Å². The molecule has 0 spiro atoms. The van der Waals surface area contributed by atoms with Crippen molar-refractivity contribution in [3.05, 3.63) is 59.1 Å². The smallest absolute Gasteiger partial charge is 0.255 e. The Morgan fingerprint density at radius 2 is 2.00 bits per heavy atom. The molecular formula is C25H24F2IN3O5. The minimum absolute atomic E-state index is 0.147. The first kappa shape index (κ1) is 27.4. The molecule has 11 heteroatoms. The summed E-state index contributed by atoms with van der Waals surface area (Å²) in [5, 5.41) is 11.7. The molecule has 8 nitrogen and oxygen atoms in total. The number of carbonyl (C=O) groups is 3. The first-order valence-electron chi connectivity index (χ1n) is 11.1. The Morgan fingerprint density at radius 1 is 1.31 bits per heavy atom. The molecule has 36 heavy (non-hydrogen) atoms. The SMILES string of the molecule is CCC(C(=O)NC(CC(O)=C=O)C(=O)CF)N1Cc2ccc(-c3ccc(C(C)(F)I)nc3)cc2C1=O. The molecule has 0 saturated heterocycles. The molecule has 0 saturated carbocycles. The number of hydrogen-bond acceptors (Lipinski definition) is 6. The van der Waals surface area contributed by atoms with E-state index in [0.717, 1.165) is 0 Å². The average Bonchev–Trinajstić information content (AvgIpc) is 3.18. The molecule has 3 unspecified atom stereocenters. The second-order valence-corrected chi connectivity index (χ2v) is 10.5. The normalized spacial score (nSPS) is 15.9. The van der Waals surface area contributed by atoms with Crippen molar-refractivity contribution in [3.63, 3.8) is 0 Å². The second kappa shape index (κ2) is 11.3. The van der Waals surface area contributed by atoms with Crippen molar-refractivity contribution >= 4 is 46.1 Å². The van der Waals surface area contributed by atoms with E-state index in [1.165, 1.54) is 24.0 Å². The van der Waals surface area contributed by atoms with E-state index in [1.54, 1.807) is 59.8 Å². The number of hydrogen-bond donors (Lipinski definition) is 2. The largest absolute Gasteiger partial charge is 0.502 e. The summed E-state index contributed by atoms with van der Waals surface area (Å²) in [6.45, 7) is 1.83. The van der Waals surface area contributed by atoms with Gasteiger partial charge in [-0.15, -0.1) is 0 Å². The molecule has 0 bridgehead atoms. The number of ketones is 1. The highest BCUT2D eigenvalue weighted by Gasteiger charge is 2.37. The number of pyridine rings is 1. The number of nitrogens with zero attached hydrogens (tertiary/aromatic N) is 2. The van der Waals surface area contributed by atoms with Crippen LogP contribution in [0.25, 0.3) is 11.1 Å². The van der Waals surface area contributed by atoms with Gasteiger partial charge in [0.15, 0.2) is 21.2 Å². The Bertz CT molecular complexity index is 1220. The van der Waals surface area contributed by atoms with Crippen molar-refractivity contribution in [3.8, 4) is 11.1 Å². The van der Waals surface area contributed by atoms with Gasteiger partial charge in [0.25, 0.3) is 5.91 Å². The Kier molecular flexibility index (Phi) is 8.57. The first-order valence-corrected chi connectivity index (χ1v) is 12.2. The minimum atomic E-state index is -1.61. The molecule has 1 aromatic heterocycles. The van der Waals surface area contributed by atoms with Crippen LogP contribution in [-0.2, 0) is 24.6 Å². The fraction of sp³-hybridized carbons (Fsp3) is 0.360. The molecule has 0 aliphatic carbocycles. The van der Waals surface area contributed by atoms with Crippen LogP contribution in [0.1, 0.15) is 48.3 Å². The summed E-state index contributed by atoms with van der Waals surface area (Å²) in [4.78, 5) is 54.2. The fourth-order valence-electron chi connectivity index (χ4n) is 3.97. The maximum atomic E-state index is 14.1. The molecule has 3 atom stereocenters. The average molecular weight is 611 g/mol. The van der Waals surface area contributed by atoms with Crippen LogP contribution >= 0.6 is 22.6 Å². The number of aliphatic hydroxyl groups excluding tert-OH is 1. The molecule has 2 aromatic rings. The van der Waals surface area contributed by atoms with Crippen molar-refractivity contribution in [2.75, 3.05) is 6.67 Å². The molecular weight excluding hydrogens is 587 g/mol. The first-order chi connectivity index (χ1) is 17.0. The van der Waals surface area contributed by atoms with Gasteiger partial charge in [0.2, 0.25) is 5.91 Å². The predicted molar refractivity (Wildman–Crippen MR) is 135 cm³/mol. The van der Waals surface area contributed by atoms with E-state index in [0.29, 0.717) is 22.3 Å². The van der Waals surface area contributed by atoms with E-state index in [-0.39, 0.29) is 18.7 Å². The van der Waals surface area contributed by atoms with Crippen molar-refractivity contribution in [2.45, 2.75) is 49.0 Å². The zero-order valence-electron chi connectivity index (χ0n) is 19.6. The van der Waals surface area contributed by atoms with Crippen LogP contribution in [0.15, 0.2) is 42.3 Å². The van der Waals surface area contributed by atoms with Gasteiger partial charge in [-0.3, -0.25) is 19.4 Å². The number of nitrogens with one attached hydrogen (secondary N) is 1. The van der Waals surface area contributed by atoms with E-state index in [2.05, 4.69) is 10.3 Å². The Hall–Kier alpha value is -3.18. The molecule has 2 amide bonds. The van der Waals surface area contributed by atoms with E-state index in [1.807, 2.05) is 0 Å². The standard InChI is InChI=1S/C25H24F2IN3O5/c1-3-20(23(35)30-19(21(34)10-26)9-17(33)13-32)31-12-16-5-4-14(8-18(16)24(31)36)15-6-7-22(29-11-15)25(2,27)28/h4-8,11,19-20,33H,3,9-10,12H2,1-2H3,(H,30,35). The monoisotopic (exact) mass is 611 g/mol. The van der Waals surface area contributed by atoms with Gasteiger partial charge in [0, 0.05) is 30.3 Å². The summed E-state index contributed by atoms with van der Waals surface area (Å²) < 4.78 is 25.4. The number of rotatable bonds is 10. The molecule has 1 aliphatic rings. The number of aliphatic hydroxyl groups is 1. The van der Waals surface area contributed by atoms with E-state index in [4.69, 9.17) is 0 Å². The number of fused-ring (bicyclic) bond motifs is 1. The lowest BCUT2D eigenvalue weighted by Gasteiger charge is -2.27. The maximum Gasteiger partial charge on any atom is 0.255 e. The Labute approximate surface area is 219 Å². The number of carbonyl (C=O) groups excluding carboxylic acids is 4. The number of amides is 2. The van der Waals surface area contributed by atoms with E-state index < -0.39 is 52.2 Å². The number of benzene rings is 1. The molecule has 1 aromatic carbocycles. The van der Waals surface area contributed by atoms with Crippen LogP contribution in [0.2, 0.25) is 0 Å². The van der Waals surface area contributed by atoms with Crippen LogP contribution in [0.3, 0.4) is 0 Å². The van der Waals surface area contributed by atoms with Gasteiger partial charge in [0.1, 0.15) is 12.7 Å². The second-order valence-electron chi connectivity index (χ2n) is 8.46. The van der Waals surface area contributed by atoms with Crippen molar-refractivity contribution < 1.29 is 33.1 Å². The van der Waals surface area contributed by atoms with Gasteiger partial charge >= 0.3 is 0 Å². The van der Waals surface area contributed by atoms with Crippen LogP contribution in [0.5, 0.6) is 0 Å². The number of alkyl halides is 3. The van der Waals surface area contributed by atoms with Crippen LogP contribution in [0.4, 0.5) is 8.78 Å². The van der Waals surface area contributed by atoms with Crippen molar-refractivity contribution in [2.24, 2.45) is 0 Å². The minimum Gasteiger partial charge on any atom is -0.502 e. The summed E-state index contributed by atoms with van der Waals surface area (Å²) in [5.74, 6) is -1.75. The number of halogens is 3. The van der Waals surface area contributed by atoms with Gasteiger partial charge in [-0.1, -0.05) is 25.1 Å². The van der Waals surface area contributed by atoms with Crippen molar-refractivity contribution in [1.29, 1.82) is 0 Å².